The van der Waals surface area contributed by atoms with Crippen LogP contribution in [0.5, 0.6) is 0 Å². The van der Waals surface area contributed by atoms with Crippen molar-refractivity contribution in [3.8, 4) is 0 Å². The zero-order chi connectivity index (χ0) is 11.8. The van der Waals surface area contributed by atoms with Gasteiger partial charge < -0.3 is 4.90 Å². The molecule has 1 rings (SSSR count). The lowest BCUT2D eigenvalue weighted by Gasteiger charge is -2.20. The lowest BCUT2D eigenvalue weighted by atomic mass is 10.2. The number of carbonyl (C=O) groups is 1. The summed E-state index contributed by atoms with van der Waals surface area (Å²) in [4.78, 5) is 13.8. The summed E-state index contributed by atoms with van der Waals surface area (Å²) in [6.45, 7) is 5.78. The Morgan fingerprint density at radius 3 is 2.38 bits per heavy atom. The molecule has 0 unspecified atom stereocenters. The topological polar surface area (TPSA) is 59.2 Å². The first-order valence-electron chi connectivity index (χ1n) is 5.86. The molecule has 0 fully saturated rings. The van der Waals surface area contributed by atoms with Crippen LogP contribution >= 0.6 is 0 Å². The lowest BCUT2D eigenvalue weighted by molar-refractivity contribution is 0.0740. The minimum absolute atomic E-state index is 0.0804. The lowest BCUT2D eigenvalue weighted by Crippen LogP contribution is -2.33. The van der Waals surface area contributed by atoms with Gasteiger partial charge in [0.2, 0.25) is 0 Å². The summed E-state index contributed by atoms with van der Waals surface area (Å²) in [5.74, 6) is -0.0804. The molecule has 1 amide bonds. The molecule has 0 saturated carbocycles. The van der Waals surface area contributed by atoms with Gasteiger partial charge in [0.15, 0.2) is 5.69 Å². The van der Waals surface area contributed by atoms with E-state index in [4.69, 9.17) is 0 Å². The molecular weight excluding hydrogens is 206 g/mol. The van der Waals surface area contributed by atoms with Crippen LogP contribution in [0, 0.1) is 0 Å². The van der Waals surface area contributed by atoms with Gasteiger partial charge >= 0.3 is 0 Å². The van der Waals surface area contributed by atoms with Crippen molar-refractivity contribution in [2.75, 3.05) is 13.1 Å². The molecule has 0 aromatic carbocycles. The predicted octanol–water partition coefficient (Wildman–Crippen LogP) is 2.11. The maximum absolute atomic E-state index is 12.0. The van der Waals surface area contributed by atoms with E-state index in [1.165, 1.54) is 6.20 Å². The molecule has 0 N–H and O–H groups in total. The van der Waals surface area contributed by atoms with Crippen molar-refractivity contribution in [1.82, 2.24) is 15.2 Å². The Hall–Kier alpha value is -1.39. The summed E-state index contributed by atoms with van der Waals surface area (Å²) >= 11 is 0. The molecule has 1 heterocycles. The van der Waals surface area contributed by atoms with E-state index in [0.29, 0.717) is 5.69 Å². The monoisotopic (exact) mass is 225 g/mol. The van der Waals surface area contributed by atoms with Crippen molar-refractivity contribution in [2.24, 2.45) is 0 Å². The second-order valence-electron chi connectivity index (χ2n) is 3.79. The van der Waals surface area contributed by atoms with Crippen molar-refractivity contribution in [1.29, 1.82) is 0 Å². The molecule has 0 atom stereocenters. The average Bonchev–Trinajstić information content (AvgIpc) is 2.82. The van der Waals surface area contributed by atoms with Gasteiger partial charge in [0.05, 0.1) is 0 Å². The summed E-state index contributed by atoms with van der Waals surface area (Å²) < 4.78 is 4.45. The van der Waals surface area contributed by atoms with Gasteiger partial charge in [0, 0.05) is 13.1 Å². The fourth-order valence-corrected chi connectivity index (χ4v) is 1.43. The van der Waals surface area contributed by atoms with Gasteiger partial charge in [-0.2, -0.15) is 0 Å². The number of hydrogen-bond donors (Lipinski definition) is 0. The summed E-state index contributed by atoms with van der Waals surface area (Å²) in [7, 11) is 0. The molecule has 0 bridgehead atoms. The van der Waals surface area contributed by atoms with Gasteiger partial charge in [-0.05, 0) is 18.0 Å². The smallest absolute Gasteiger partial charge is 0.277 e. The highest BCUT2D eigenvalue weighted by Crippen LogP contribution is 2.05. The summed E-state index contributed by atoms with van der Waals surface area (Å²) in [6, 6.07) is 0. The molecule has 0 aliphatic heterocycles. The predicted molar refractivity (Wildman–Crippen MR) is 60.0 cm³/mol. The Labute approximate surface area is 95.8 Å². The maximum atomic E-state index is 12.0. The first-order valence-corrected chi connectivity index (χ1v) is 5.86. The van der Waals surface area contributed by atoms with E-state index in [1.54, 1.807) is 0 Å². The number of nitrogens with zero attached hydrogens (tertiary/aromatic N) is 3. The van der Waals surface area contributed by atoms with Gasteiger partial charge in [0.25, 0.3) is 5.91 Å². The molecular formula is C11H19N3O2. The van der Waals surface area contributed by atoms with Crippen LogP contribution in [0.4, 0.5) is 0 Å². The minimum Gasteiger partial charge on any atom is -0.337 e. The van der Waals surface area contributed by atoms with Crippen LogP contribution in [0.3, 0.4) is 0 Å². The number of carbonyl (C=O) groups excluding carboxylic acids is 1. The molecule has 1 aromatic heterocycles. The number of amides is 1. The van der Waals surface area contributed by atoms with E-state index in [9.17, 15) is 4.79 Å². The van der Waals surface area contributed by atoms with Gasteiger partial charge in [0.1, 0.15) is 6.20 Å². The zero-order valence-electron chi connectivity index (χ0n) is 9.98. The first-order chi connectivity index (χ1) is 7.79. The van der Waals surface area contributed by atoms with Crippen molar-refractivity contribution in [2.45, 2.75) is 39.5 Å². The quantitative estimate of drug-likeness (QED) is 0.713. The van der Waals surface area contributed by atoms with Crippen molar-refractivity contribution in [3.05, 3.63) is 11.9 Å². The van der Waals surface area contributed by atoms with Crippen molar-refractivity contribution < 1.29 is 9.42 Å². The van der Waals surface area contributed by atoms with Crippen LogP contribution in [0.25, 0.3) is 0 Å². The number of unbranched alkanes of at least 4 members (excludes halogenated alkanes) is 2. The van der Waals surface area contributed by atoms with Crippen LogP contribution < -0.4 is 0 Å². The molecule has 0 radical (unpaired) electrons. The highest BCUT2D eigenvalue weighted by atomic mass is 16.6. The highest BCUT2D eigenvalue weighted by molar-refractivity contribution is 5.91. The van der Waals surface area contributed by atoms with Crippen LogP contribution in [0.15, 0.2) is 10.8 Å². The molecule has 0 aliphatic carbocycles. The SMILES string of the molecule is CCCCN(CCCC)C(=O)c1cnon1. The van der Waals surface area contributed by atoms with E-state index in [-0.39, 0.29) is 5.91 Å². The fourth-order valence-electron chi connectivity index (χ4n) is 1.43. The second-order valence-corrected chi connectivity index (χ2v) is 3.79. The Bertz CT molecular complexity index is 290. The summed E-state index contributed by atoms with van der Waals surface area (Å²) in [5.41, 5.74) is 0.298. The Morgan fingerprint density at radius 2 is 1.94 bits per heavy atom. The zero-order valence-corrected chi connectivity index (χ0v) is 9.98. The standard InChI is InChI=1S/C11H19N3O2/c1-3-5-7-14(8-6-4-2)11(15)10-9-12-16-13-10/h9H,3-8H2,1-2H3. The first kappa shape index (κ1) is 12.7. The van der Waals surface area contributed by atoms with Crippen LogP contribution in [-0.4, -0.2) is 34.2 Å². The normalized spacial score (nSPS) is 10.4. The van der Waals surface area contributed by atoms with Crippen LogP contribution in [0.2, 0.25) is 0 Å². The van der Waals surface area contributed by atoms with Crippen molar-refractivity contribution in [3.63, 3.8) is 0 Å². The highest BCUT2D eigenvalue weighted by Gasteiger charge is 2.17. The van der Waals surface area contributed by atoms with Crippen LogP contribution in [-0.2, 0) is 0 Å². The van der Waals surface area contributed by atoms with Crippen molar-refractivity contribution >= 4 is 5.91 Å². The second kappa shape index (κ2) is 6.98. The molecule has 5 nitrogen and oxygen atoms in total. The molecule has 0 saturated heterocycles. The number of aromatic nitrogens is 2. The van der Waals surface area contributed by atoms with E-state index < -0.39 is 0 Å². The van der Waals surface area contributed by atoms with Gasteiger partial charge in [-0.1, -0.05) is 31.8 Å². The third-order valence-electron chi connectivity index (χ3n) is 2.43. The Kier molecular flexibility index (Phi) is 5.53. The molecule has 90 valence electrons. The van der Waals surface area contributed by atoms with E-state index in [1.807, 2.05) is 4.90 Å². The third-order valence-corrected chi connectivity index (χ3v) is 2.43. The van der Waals surface area contributed by atoms with E-state index >= 15 is 0 Å². The Balaban J connectivity index is 2.56. The summed E-state index contributed by atoms with van der Waals surface area (Å²) in [5, 5.41) is 7.03. The number of rotatable bonds is 7. The van der Waals surface area contributed by atoms with Crippen LogP contribution in [0.1, 0.15) is 50.0 Å². The summed E-state index contributed by atoms with van der Waals surface area (Å²) in [6.07, 6.45) is 5.55. The minimum atomic E-state index is -0.0804. The van der Waals surface area contributed by atoms with Gasteiger partial charge in [-0.25, -0.2) is 4.63 Å². The molecule has 0 spiro atoms. The molecule has 16 heavy (non-hydrogen) atoms. The largest absolute Gasteiger partial charge is 0.337 e. The fraction of sp³-hybridized carbons (Fsp3) is 0.727. The molecule has 5 heteroatoms. The molecule has 0 aliphatic rings. The molecule has 1 aromatic rings. The maximum Gasteiger partial charge on any atom is 0.277 e. The van der Waals surface area contributed by atoms with Gasteiger partial charge in [-0.3, -0.25) is 4.79 Å². The Morgan fingerprint density at radius 1 is 1.31 bits per heavy atom. The van der Waals surface area contributed by atoms with E-state index in [0.717, 1.165) is 38.8 Å². The van der Waals surface area contributed by atoms with E-state index in [2.05, 4.69) is 28.8 Å². The number of hydrogen-bond acceptors (Lipinski definition) is 4. The third kappa shape index (κ3) is 3.64. The average molecular weight is 225 g/mol. The van der Waals surface area contributed by atoms with Gasteiger partial charge in [-0.15, -0.1) is 0 Å².